The van der Waals surface area contributed by atoms with E-state index in [1.165, 1.54) is 12.3 Å². The molecule has 0 aromatic carbocycles. The molecule has 0 atom stereocenters. The number of aromatic nitrogens is 2. The summed E-state index contributed by atoms with van der Waals surface area (Å²) < 4.78 is 37.2. The average Bonchev–Trinajstić information content (AvgIpc) is 2.38. The predicted molar refractivity (Wildman–Crippen MR) is 72.6 cm³/mol. The van der Waals surface area contributed by atoms with Crippen LogP contribution >= 0.6 is 12.2 Å². The number of anilines is 2. The van der Waals surface area contributed by atoms with Crippen LogP contribution in [-0.4, -0.2) is 15.0 Å². The quantitative estimate of drug-likeness (QED) is 0.853. The van der Waals surface area contributed by atoms with Crippen molar-refractivity contribution in [3.05, 3.63) is 47.9 Å². The number of rotatable bonds is 3. The third-order valence-electron chi connectivity index (χ3n) is 2.39. The van der Waals surface area contributed by atoms with E-state index in [4.69, 9.17) is 18.0 Å². The molecule has 3 N–H and O–H groups in total. The molecule has 20 heavy (non-hydrogen) atoms. The van der Waals surface area contributed by atoms with Crippen molar-refractivity contribution in [2.45, 2.75) is 6.18 Å². The number of thiocarbonyl (C=S) groups is 1. The lowest BCUT2D eigenvalue weighted by Crippen LogP contribution is -2.13. The summed E-state index contributed by atoms with van der Waals surface area (Å²) in [5, 5.41) is 2.82. The summed E-state index contributed by atoms with van der Waals surface area (Å²) in [7, 11) is 0. The van der Waals surface area contributed by atoms with Crippen LogP contribution in [0, 0.1) is 0 Å². The van der Waals surface area contributed by atoms with Crippen LogP contribution < -0.4 is 11.1 Å². The summed E-state index contributed by atoms with van der Waals surface area (Å²) >= 11 is 4.87. The Bertz CT molecular complexity index is 625. The molecule has 0 saturated carbocycles. The second kappa shape index (κ2) is 5.41. The molecule has 0 aliphatic carbocycles. The Morgan fingerprint density at radius 3 is 2.50 bits per heavy atom. The highest BCUT2D eigenvalue weighted by molar-refractivity contribution is 7.80. The van der Waals surface area contributed by atoms with E-state index in [-0.39, 0.29) is 4.99 Å². The van der Waals surface area contributed by atoms with Crippen molar-refractivity contribution in [2.75, 3.05) is 5.32 Å². The first-order valence-electron chi connectivity index (χ1n) is 5.43. The van der Waals surface area contributed by atoms with Gasteiger partial charge in [-0.25, -0.2) is 9.97 Å². The van der Waals surface area contributed by atoms with Crippen LogP contribution in [0.15, 0.2) is 36.7 Å². The Labute approximate surface area is 117 Å². The molecule has 104 valence electrons. The van der Waals surface area contributed by atoms with Crippen LogP contribution in [0.1, 0.15) is 11.3 Å². The van der Waals surface area contributed by atoms with Gasteiger partial charge in [0.25, 0.3) is 0 Å². The molecular weight excluding hydrogens is 289 g/mol. The first-order valence-corrected chi connectivity index (χ1v) is 5.84. The van der Waals surface area contributed by atoms with Gasteiger partial charge in [0.2, 0.25) is 0 Å². The Hall–Kier alpha value is -2.22. The maximum atomic E-state index is 12.4. The molecule has 4 nitrogen and oxygen atoms in total. The third kappa shape index (κ3) is 3.21. The first-order chi connectivity index (χ1) is 9.38. The highest BCUT2D eigenvalue weighted by atomic mass is 32.1. The van der Waals surface area contributed by atoms with E-state index in [9.17, 15) is 13.2 Å². The van der Waals surface area contributed by atoms with Crippen LogP contribution in [0.2, 0.25) is 0 Å². The van der Waals surface area contributed by atoms with Gasteiger partial charge in [0.05, 0.1) is 17.4 Å². The van der Waals surface area contributed by atoms with E-state index in [1.54, 1.807) is 12.1 Å². The number of alkyl halides is 3. The fourth-order valence-electron chi connectivity index (χ4n) is 1.48. The van der Waals surface area contributed by atoms with Gasteiger partial charge in [-0.3, -0.25) is 0 Å². The molecule has 0 unspecified atom stereocenters. The normalized spacial score (nSPS) is 11.2. The summed E-state index contributed by atoms with van der Waals surface area (Å²) in [6.07, 6.45) is -1.88. The number of pyridine rings is 2. The average molecular weight is 298 g/mol. The second-order valence-electron chi connectivity index (χ2n) is 3.82. The topological polar surface area (TPSA) is 63.8 Å². The number of nitrogens with zero attached hydrogens (tertiary/aromatic N) is 2. The van der Waals surface area contributed by atoms with Gasteiger partial charge in [0, 0.05) is 6.20 Å². The summed E-state index contributed by atoms with van der Waals surface area (Å²) in [6.45, 7) is 0. The minimum atomic E-state index is -4.46. The monoisotopic (exact) mass is 298 g/mol. The fraction of sp³-hybridized carbons (Fsp3) is 0.0833. The summed E-state index contributed by atoms with van der Waals surface area (Å²) in [6, 6.07) is 5.46. The van der Waals surface area contributed by atoms with Gasteiger partial charge in [0.1, 0.15) is 16.5 Å². The summed E-state index contributed by atoms with van der Waals surface area (Å²) in [5.41, 5.74) is 5.43. The molecule has 0 saturated heterocycles. The maximum absolute atomic E-state index is 12.4. The lowest BCUT2D eigenvalue weighted by Gasteiger charge is -2.10. The minimum absolute atomic E-state index is 0.139. The molecule has 2 rings (SSSR count). The van der Waals surface area contributed by atoms with Crippen LogP contribution in [-0.2, 0) is 6.18 Å². The van der Waals surface area contributed by atoms with E-state index < -0.39 is 11.9 Å². The number of nitrogens with one attached hydrogen (secondary N) is 1. The van der Waals surface area contributed by atoms with E-state index in [0.29, 0.717) is 17.1 Å². The zero-order chi connectivity index (χ0) is 14.8. The van der Waals surface area contributed by atoms with E-state index in [1.807, 2.05) is 0 Å². The van der Waals surface area contributed by atoms with Crippen molar-refractivity contribution in [1.82, 2.24) is 9.97 Å². The van der Waals surface area contributed by atoms with Crippen molar-refractivity contribution >= 4 is 28.7 Å². The SMILES string of the molecule is NC(=S)c1cccnc1Nc1ccc(C(F)(F)F)nc1. The van der Waals surface area contributed by atoms with Crippen LogP contribution in [0.5, 0.6) is 0 Å². The van der Waals surface area contributed by atoms with Crippen molar-refractivity contribution in [2.24, 2.45) is 5.73 Å². The largest absolute Gasteiger partial charge is 0.433 e. The van der Waals surface area contributed by atoms with Gasteiger partial charge >= 0.3 is 6.18 Å². The zero-order valence-electron chi connectivity index (χ0n) is 9.98. The predicted octanol–water partition coefficient (Wildman–Crippen LogP) is 2.87. The Balaban J connectivity index is 2.25. The van der Waals surface area contributed by atoms with Crippen molar-refractivity contribution in [3.8, 4) is 0 Å². The van der Waals surface area contributed by atoms with Crippen LogP contribution in [0.4, 0.5) is 24.7 Å². The molecule has 0 fully saturated rings. The Kier molecular flexibility index (Phi) is 3.84. The smallest absolute Gasteiger partial charge is 0.389 e. The maximum Gasteiger partial charge on any atom is 0.433 e. The van der Waals surface area contributed by atoms with Crippen molar-refractivity contribution in [3.63, 3.8) is 0 Å². The second-order valence-corrected chi connectivity index (χ2v) is 4.26. The first kappa shape index (κ1) is 14.2. The van der Waals surface area contributed by atoms with Gasteiger partial charge in [-0.15, -0.1) is 0 Å². The molecule has 0 aliphatic heterocycles. The molecular formula is C12H9F3N4S. The van der Waals surface area contributed by atoms with Gasteiger partial charge < -0.3 is 11.1 Å². The molecule has 8 heteroatoms. The van der Waals surface area contributed by atoms with Crippen LogP contribution in [0.3, 0.4) is 0 Å². The summed E-state index contributed by atoms with van der Waals surface area (Å²) in [4.78, 5) is 7.52. The van der Waals surface area contributed by atoms with Gasteiger partial charge in [-0.1, -0.05) is 12.2 Å². The zero-order valence-corrected chi connectivity index (χ0v) is 10.8. The molecule has 2 aromatic heterocycles. The minimum Gasteiger partial charge on any atom is -0.389 e. The number of halogens is 3. The van der Waals surface area contributed by atoms with E-state index in [2.05, 4.69) is 15.3 Å². The molecule has 0 spiro atoms. The van der Waals surface area contributed by atoms with Gasteiger partial charge in [0.15, 0.2) is 0 Å². The molecule has 2 aromatic rings. The molecule has 0 radical (unpaired) electrons. The third-order valence-corrected chi connectivity index (χ3v) is 2.61. The van der Waals surface area contributed by atoms with Crippen molar-refractivity contribution in [1.29, 1.82) is 0 Å². The Morgan fingerprint density at radius 1 is 1.20 bits per heavy atom. The number of hydrogen-bond acceptors (Lipinski definition) is 4. The molecule has 0 aliphatic rings. The number of nitrogens with two attached hydrogens (primary N) is 1. The van der Waals surface area contributed by atoms with E-state index in [0.717, 1.165) is 12.3 Å². The Morgan fingerprint density at radius 2 is 1.95 bits per heavy atom. The summed E-state index contributed by atoms with van der Waals surface area (Å²) in [5.74, 6) is 0.363. The number of hydrogen-bond donors (Lipinski definition) is 2. The van der Waals surface area contributed by atoms with Gasteiger partial charge in [-0.05, 0) is 24.3 Å². The fourth-order valence-corrected chi connectivity index (χ4v) is 1.64. The lowest BCUT2D eigenvalue weighted by atomic mass is 10.2. The lowest BCUT2D eigenvalue weighted by molar-refractivity contribution is -0.141. The molecule has 0 bridgehead atoms. The van der Waals surface area contributed by atoms with Gasteiger partial charge in [-0.2, -0.15) is 13.2 Å². The standard InChI is InChI=1S/C12H9F3N4S/c13-12(14,15)9-4-3-7(6-18-9)19-11-8(10(16)20)2-1-5-17-11/h1-6H,(H2,16,20)(H,17,19). The highest BCUT2D eigenvalue weighted by Crippen LogP contribution is 2.28. The molecule has 2 heterocycles. The molecule has 0 amide bonds. The highest BCUT2D eigenvalue weighted by Gasteiger charge is 2.32. The van der Waals surface area contributed by atoms with Crippen LogP contribution in [0.25, 0.3) is 0 Å². The van der Waals surface area contributed by atoms with E-state index >= 15 is 0 Å². The van der Waals surface area contributed by atoms with Crippen molar-refractivity contribution < 1.29 is 13.2 Å².